The number of benzene rings is 1. The summed E-state index contributed by atoms with van der Waals surface area (Å²) in [5.74, 6) is 2.40. The number of nitrogens with zero attached hydrogens (tertiary/aromatic N) is 1. The molecule has 3 rings (SSSR count). The van der Waals surface area contributed by atoms with Gasteiger partial charge in [0, 0.05) is 11.3 Å². The monoisotopic (exact) mass is 272 g/mol. The average molecular weight is 272 g/mol. The van der Waals surface area contributed by atoms with Gasteiger partial charge in [0.1, 0.15) is 22.8 Å². The first-order valence-corrected chi connectivity index (χ1v) is 6.89. The molecule has 0 aliphatic carbocycles. The lowest BCUT2D eigenvalue weighted by Crippen LogP contribution is -2.10. The third-order valence-electron chi connectivity index (χ3n) is 3.43. The standard InChI is InChI=1S/C15H16N2OS/c1-9(2)12-7-14(19)17-15(16-12)11-8-18-13-6-4-3-5-10(11)13/h3-7,9,11H,8H2,1-2H3,(H,16,17,19). The van der Waals surface area contributed by atoms with E-state index < -0.39 is 0 Å². The van der Waals surface area contributed by atoms with Crippen LogP contribution in [0.5, 0.6) is 5.75 Å². The highest BCUT2D eigenvalue weighted by molar-refractivity contribution is 7.71. The van der Waals surface area contributed by atoms with Crippen molar-refractivity contribution >= 4 is 12.2 Å². The minimum absolute atomic E-state index is 0.150. The summed E-state index contributed by atoms with van der Waals surface area (Å²) >= 11 is 5.27. The molecule has 2 heterocycles. The molecule has 19 heavy (non-hydrogen) atoms. The number of hydrogen-bond acceptors (Lipinski definition) is 3. The maximum atomic E-state index is 5.71. The molecule has 0 spiro atoms. The second kappa shape index (κ2) is 4.78. The number of fused-ring (bicyclic) bond motifs is 1. The van der Waals surface area contributed by atoms with Gasteiger partial charge in [0.25, 0.3) is 0 Å². The third kappa shape index (κ3) is 2.28. The summed E-state index contributed by atoms with van der Waals surface area (Å²) in [7, 11) is 0. The Morgan fingerprint density at radius 1 is 1.37 bits per heavy atom. The van der Waals surface area contributed by atoms with Gasteiger partial charge in [-0.05, 0) is 18.1 Å². The molecule has 0 saturated heterocycles. The molecule has 0 radical (unpaired) electrons. The molecule has 3 nitrogen and oxygen atoms in total. The van der Waals surface area contributed by atoms with Crippen LogP contribution in [0.1, 0.15) is 42.8 Å². The molecule has 1 aromatic carbocycles. The van der Waals surface area contributed by atoms with E-state index in [9.17, 15) is 0 Å². The van der Waals surface area contributed by atoms with Gasteiger partial charge in [-0.25, -0.2) is 4.98 Å². The van der Waals surface area contributed by atoms with Crippen molar-refractivity contribution in [1.29, 1.82) is 0 Å². The Bertz CT molecular complexity index is 663. The van der Waals surface area contributed by atoms with E-state index in [2.05, 4.69) is 29.9 Å². The smallest absolute Gasteiger partial charge is 0.130 e. The van der Waals surface area contributed by atoms with Gasteiger partial charge in [-0.2, -0.15) is 0 Å². The quantitative estimate of drug-likeness (QED) is 0.845. The fraction of sp³-hybridized carbons (Fsp3) is 0.333. The molecule has 2 aromatic rings. The largest absolute Gasteiger partial charge is 0.492 e. The van der Waals surface area contributed by atoms with Crippen LogP contribution in [0.3, 0.4) is 0 Å². The molecule has 1 aliphatic heterocycles. The molecule has 0 bridgehead atoms. The Morgan fingerprint density at radius 3 is 2.95 bits per heavy atom. The number of H-pyrrole nitrogens is 1. The predicted molar refractivity (Wildman–Crippen MR) is 77.3 cm³/mol. The van der Waals surface area contributed by atoms with E-state index in [1.165, 1.54) is 5.56 Å². The Hall–Kier alpha value is -1.68. The summed E-state index contributed by atoms with van der Waals surface area (Å²) in [6, 6.07) is 10.0. The summed E-state index contributed by atoms with van der Waals surface area (Å²) in [4.78, 5) is 7.89. The van der Waals surface area contributed by atoms with Gasteiger partial charge in [0.15, 0.2) is 0 Å². The molecule has 1 atom stereocenters. The number of nitrogens with one attached hydrogen (secondary N) is 1. The summed E-state index contributed by atoms with van der Waals surface area (Å²) < 4.78 is 6.35. The molecule has 0 saturated carbocycles. The molecular formula is C15H16N2OS. The van der Waals surface area contributed by atoms with Gasteiger partial charge < -0.3 is 9.72 Å². The van der Waals surface area contributed by atoms with Gasteiger partial charge in [0.05, 0.1) is 5.92 Å². The topological polar surface area (TPSA) is 37.9 Å². The average Bonchev–Trinajstić information content (AvgIpc) is 2.81. The fourth-order valence-electron chi connectivity index (χ4n) is 2.36. The first-order chi connectivity index (χ1) is 9.15. The van der Waals surface area contributed by atoms with Gasteiger partial charge in [-0.1, -0.05) is 44.3 Å². The minimum Gasteiger partial charge on any atom is -0.492 e. The van der Waals surface area contributed by atoms with E-state index in [0.29, 0.717) is 17.2 Å². The molecule has 0 amide bonds. The van der Waals surface area contributed by atoms with E-state index in [4.69, 9.17) is 17.0 Å². The van der Waals surface area contributed by atoms with E-state index in [-0.39, 0.29) is 5.92 Å². The van der Waals surface area contributed by atoms with Crippen LogP contribution >= 0.6 is 12.2 Å². The van der Waals surface area contributed by atoms with E-state index in [0.717, 1.165) is 17.3 Å². The van der Waals surface area contributed by atoms with Crippen molar-refractivity contribution in [3.63, 3.8) is 0 Å². The molecule has 4 heteroatoms. The van der Waals surface area contributed by atoms with Crippen LogP contribution in [0.2, 0.25) is 0 Å². The Labute approximate surface area is 117 Å². The third-order valence-corrected chi connectivity index (χ3v) is 3.64. The second-order valence-corrected chi connectivity index (χ2v) is 5.53. The molecule has 1 unspecified atom stereocenters. The summed E-state index contributed by atoms with van der Waals surface area (Å²) in [5, 5.41) is 0. The van der Waals surface area contributed by atoms with E-state index in [1.54, 1.807) is 0 Å². The van der Waals surface area contributed by atoms with Crippen molar-refractivity contribution in [2.75, 3.05) is 6.61 Å². The second-order valence-electron chi connectivity index (χ2n) is 5.12. The van der Waals surface area contributed by atoms with Gasteiger partial charge >= 0.3 is 0 Å². The summed E-state index contributed by atoms with van der Waals surface area (Å²) in [5.41, 5.74) is 2.31. The first kappa shape index (κ1) is 12.4. The maximum Gasteiger partial charge on any atom is 0.130 e. The maximum absolute atomic E-state index is 5.71. The van der Waals surface area contributed by atoms with Crippen LogP contribution in [-0.2, 0) is 0 Å². The minimum atomic E-state index is 0.150. The number of rotatable bonds is 2. The van der Waals surface area contributed by atoms with Gasteiger partial charge in [-0.15, -0.1) is 0 Å². The van der Waals surface area contributed by atoms with Crippen molar-refractivity contribution < 1.29 is 4.74 Å². The zero-order chi connectivity index (χ0) is 13.4. The Morgan fingerprint density at radius 2 is 2.16 bits per heavy atom. The van der Waals surface area contributed by atoms with Crippen molar-refractivity contribution in [3.05, 3.63) is 52.1 Å². The lowest BCUT2D eigenvalue weighted by atomic mass is 10.00. The number of aromatic amines is 1. The lowest BCUT2D eigenvalue weighted by Gasteiger charge is -2.12. The highest BCUT2D eigenvalue weighted by atomic mass is 32.1. The van der Waals surface area contributed by atoms with Gasteiger partial charge in [0.2, 0.25) is 0 Å². The molecule has 0 fully saturated rings. The lowest BCUT2D eigenvalue weighted by molar-refractivity contribution is 0.339. The number of ether oxygens (including phenoxy) is 1. The van der Waals surface area contributed by atoms with Crippen molar-refractivity contribution in [2.45, 2.75) is 25.7 Å². The van der Waals surface area contributed by atoms with E-state index >= 15 is 0 Å². The zero-order valence-corrected chi connectivity index (χ0v) is 11.8. The van der Waals surface area contributed by atoms with Crippen LogP contribution in [0, 0.1) is 4.64 Å². The molecule has 1 N–H and O–H groups in total. The van der Waals surface area contributed by atoms with Crippen molar-refractivity contribution in [3.8, 4) is 5.75 Å². The van der Waals surface area contributed by atoms with Crippen LogP contribution in [-0.4, -0.2) is 16.6 Å². The predicted octanol–water partition coefficient (Wildman–Crippen LogP) is 3.79. The van der Waals surface area contributed by atoms with Crippen molar-refractivity contribution in [2.24, 2.45) is 0 Å². The van der Waals surface area contributed by atoms with E-state index in [1.807, 2.05) is 24.3 Å². The summed E-state index contributed by atoms with van der Waals surface area (Å²) in [6.45, 7) is 4.91. The summed E-state index contributed by atoms with van der Waals surface area (Å²) in [6.07, 6.45) is 0. The molecule has 1 aromatic heterocycles. The number of para-hydroxylation sites is 1. The number of hydrogen-bond donors (Lipinski definition) is 1. The van der Waals surface area contributed by atoms with Gasteiger partial charge in [-0.3, -0.25) is 0 Å². The fourth-order valence-corrected chi connectivity index (χ4v) is 2.59. The first-order valence-electron chi connectivity index (χ1n) is 6.48. The highest BCUT2D eigenvalue weighted by Crippen LogP contribution is 2.36. The number of aromatic nitrogens is 2. The van der Waals surface area contributed by atoms with Crippen molar-refractivity contribution in [1.82, 2.24) is 9.97 Å². The molecular weight excluding hydrogens is 256 g/mol. The SMILES string of the molecule is CC(C)c1cc(=S)nc(C2COc3ccccc32)[nH]1. The Kier molecular flexibility index (Phi) is 3.11. The normalized spacial score (nSPS) is 17.3. The Balaban J connectivity index is 2.07. The van der Waals surface area contributed by atoms with Crippen LogP contribution < -0.4 is 4.74 Å². The molecule has 98 valence electrons. The zero-order valence-electron chi connectivity index (χ0n) is 11.0. The molecule has 1 aliphatic rings. The highest BCUT2D eigenvalue weighted by Gasteiger charge is 2.27. The van der Waals surface area contributed by atoms with Crippen LogP contribution in [0.25, 0.3) is 0 Å². The van der Waals surface area contributed by atoms with Crippen LogP contribution in [0.4, 0.5) is 0 Å². The van der Waals surface area contributed by atoms with Crippen LogP contribution in [0.15, 0.2) is 30.3 Å².